The summed E-state index contributed by atoms with van der Waals surface area (Å²) in [4.78, 5) is 0. The van der Waals surface area contributed by atoms with Gasteiger partial charge in [0.25, 0.3) is 0 Å². The van der Waals surface area contributed by atoms with Crippen LogP contribution in [-0.4, -0.2) is 6.54 Å². The topological polar surface area (TPSA) is 12.0 Å². The number of hydrogen-bond acceptors (Lipinski definition) is 1. The van der Waals surface area contributed by atoms with Gasteiger partial charge in [0.05, 0.1) is 0 Å². The van der Waals surface area contributed by atoms with Crippen molar-refractivity contribution in [2.24, 2.45) is 0 Å². The van der Waals surface area contributed by atoms with Crippen molar-refractivity contribution in [3.8, 4) is 0 Å². The number of hydrogen-bond donors (Lipinski definition) is 1. The van der Waals surface area contributed by atoms with E-state index in [-0.39, 0.29) is 0 Å². The molecule has 1 heteroatoms. The summed E-state index contributed by atoms with van der Waals surface area (Å²) in [5, 5.41) is 3.53. The van der Waals surface area contributed by atoms with E-state index in [2.05, 4.69) is 50.4 Å². The Balaban J connectivity index is 2.47. The predicted molar refractivity (Wildman–Crippen MR) is 62.5 cm³/mol. The van der Waals surface area contributed by atoms with E-state index in [1.54, 1.807) is 0 Å². The van der Waals surface area contributed by atoms with Gasteiger partial charge in [-0.3, -0.25) is 0 Å². The van der Waals surface area contributed by atoms with Gasteiger partial charge in [-0.25, -0.2) is 0 Å². The second-order valence-corrected chi connectivity index (χ2v) is 3.94. The van der Waals surface area contributed by atoms with E-state index >= 15 is 0 Å². The van der Waals surface area contributed by atoms with E-state index in [4.69, 9.17) is 0 Å². The summed E-state index contributed by atoms with van der Waals surface area (Å²) in [6.45, 7) is 7.71. The molecule has 0 spiro atoms. The largest absolute Gasteiger partial charge is 0.310 e. The van der Waals surface area contributed by atoms with Crippen molar-refractivity contribution in [1.82, 2.24) is 5.32 Å². The Hall–Kier alpha value is -0.820. The molecule has 0 aliphatic carbocycles. The third kappa shape index (κ3) is 3.51. The van der Waals surface area contributed by atoms with Gasteiger partial charge in [0.15, 0.2) is 0 Å². The van der Waals surface area contributed by atoms with Gasteiger partial charge in [-0.1, -0.05) is 43.2 Å². The first-order valence-corrected chi connectivity index (χ1v) is 5.54. The van der Waals surface area contributed by atoms with Crippen LogP contribution in [0.1, 0.15) is 43.9 Å². The van der Waals surface area contributed by atoms with Crippen LogP contribution in [0.3, 0.4) is 0 Å². The van der Waals surface area contributed by atoms with Crippen molar-refractivity contribution < 1.29 is 0 Å². The third-order valence-electron chi connectivity index (χ3n) is 2.52. The first-order valence-electron chi connectivity index (χ1n) is 5.54. The van der Waals surface area contributed by atoms with Crippen molar-refractivity contribution in [3.63, 3.8) is 0 Å². The Labute approximate surface area is 87.5 Å². The van der Waals surface area contributed by atoms with Gasteiger partial charge in [0.1, 0.15) is 0 Å². The molecular formula is C13H21N. The molecule has 1 aromatic rings. The maximum Gasteiger partial charge on any atom is 0.0291 e. The maximum atomic E-state index is 3.53. The molecule has 1 aromatic carbocycles. The summed E-state index contributed by atoms with van der Waals surface area (Å²) in [5.41, 5.74) is 2.73. The standard InChI is InChI=1S/C13H21N/c1-4-5-9-14-12(3)13-8-6-7-11(2)10-13/h6-8,10,12,14H,4-5,9H2,1-3H3/t12-/m1/s1. The molecule has 1 nitrogen and oxygen atoms in total. The molecule has 14 heavy (non-hydrogen) atoms. The minimum Gasteiger partial charge on any atom is -0.310 e. The minimum atomic E-state index is 0.474. The van der Waals surface area contributed by atoms with Gasteiger partial charge >= 0.3 is 0 Å². The highest BCUT2D eigenvalue weighted by atomic mass is 14.9. The van der Waals surface area contributed by atoms with Crippen LogP contribution in [0.15, 0.2) is 24.3 Å². The van der Waals surface area contributed by atoms with E-state index in [0.717, 1.165) is 6.54 Å². The van der Waals surface area contributed by atoms with Gasteiger partial charge in [-0.15, -0.1) is 0 Å². The monoisotopic (exact) mass is 191 g/mol. The summed E-state index contributed by atoms with van der Waals surface area (Å²) in [6, 6.07) is 9.19. The molecule has 0 fully saturated rings. The molecule has 0 aromatic heterocycles. The molecule has 0 aliphatic rings. The highest BCUT2D eigenvalue weighted by molar-refractivity contribution is 5.24. The average molecular weight is 191 g/mol. The first-order chi connectivity index (χ1) is 6.74. The zero-order chi connectivity index (χ0) is 10.4. The Morgan fingerprint density at radius 3 is 2.79 bits per heavy atom. The number of unbranched alkanes of at least 4 members (excludes halogenated alkanes) is 1. The van der Waals surface area contributed by atoms with Crippen molar-refractivity contribution in [3.05, 3.63) is 35.4 Å². The lowest BCUT2D eigenvalue weighted by atomic mass is 10.1. The molecule has 0 amide bonds. The highest BCUT2D eigenvalue weighted by Gasteiger charge is 2.02. The Morgan fingerprint density at radius 1 is 1.36 bits per heavy atom. The Kier molecular flexibility index (Phi) is 4.68. The quantitative estimate of drug-likeness (QED) is 0.703. The molecule has 0 saturated heterocycles. The van der Waals surface area contributed by atoms with Crippen LogP contribution in [0.25, 0.3) is 0 Å². The van der Waals surface area contributed by atoms with Crippen LogP contribution < -0.4 is 5.32 Å². The van der Waals surface area contributed by atoms with Gasteiger partial charge in [-0.2, -0.15) is 0 Å². The molecule has 1 atom stereocenters. The summed E-state index contributed by atoms with van der Waals surface area (Å²) >= 11 is 0. The average Bonchev–Trinajstić information content (AvgIpc) is 2.18. The summed E-state index contributed by atoms with van der Waals surface area (Å²) in [7, 11) is 0. The fraction of sp³-hybridized carbons (Fsp3) is 0.538. The fourth-order valence-electron chi connectivity index (χ4n) is 1.55. The number of aryl methyl sites for hydroxylation is 1. The number of nitrogens with one attached hydrogen (secondary N) is 1. The van der Waals surface area contributed by atoms with Gasteiger partial charge in [0, 0.05) is 6.04 Å². The van der Waals surface area contributed by atoms with Crippen LogP contribution in [0.2, 0.25) is 0 Å². The SMILES string of the molecule is CCCCN[C@H](C)c1cccc(C)c1. The smallest absolute Gasteiger partial charge is 0.0291 e. The van der Waals surface area contributed by atoms with Crippen molar-refractivity contribution in [2.75, 3.05) is 6.54 Å². The summed E-state index contributed by atoms with van der Waals surface area (Å²) in [6.07, 6.45) is 2.52. The van der Waals surface area contributed by atoms with E-state index < -0.39 is 0 Å². The highest BCUT2D eigenvalue weighted by Crippen LogP contribution is 2.13. The number of benzene rings is 1. The third-order valence-corrected chi connectivity index (χ3v) is 2.52. The Morgan fingerprint density at radius 2 is 2.14 bits per heavy atom. The normalized spacial score (nSPS) is 12.8. The Bertz CT molecular complexity index is 268. The van der Waals surface area contributed by atoms with Gasteiger partial charge < -0.3 is 5.32 Å². The van der Waals surface area contributed by atoms with Crippen LogP contribution in [0.5, 0.6) is 0 Å². The first kappa shape index (κ1) is 11.3. The molecular weight excluding hydrogens is 170 g/mol. The maximum absolute atomic E-state index is 3.53. The lowest BCUT2D eigenvalue weighted by molar-refractivity contribution is 0.554. The fourth-order valence-corrected chi connectivity index (χ4v) is 1.55. The second kappa shape index (κ2) is 5.82. The van der Waals surface area contributed by atoms with Crippen LogP contribution in [0, 0.1) is 6.92 Å². The summed E-state index contributed by atoms with van der Waals surface area (Å²) in [5.74, 6) is 0. The lowest BCUT2D eigenvalue weighted by Crippen LogP contribution is -2.19. The van der Waals surface area contributed by atoms with Crippen LogP contribution in [-0.2, 0) is 0 Å². The molecule has 0 saturated carbocycles. The lowest BCUT2D eigenvalue weighted by Gasteiger charge is -2.14. The van der Waals surface area contributed by atoms with E-state index in [1.807, 2.05) is 0 Å². The molecule has 1 rings (SSSR count). The van der Waals surface area contributed by atoms with E-state index in [0.29, 0.717) is 6.04 Å². The molecule has 0 heterocycles. The molecule has 1 N–H and O–H groups in total. The predicted octanol–water partition coefficient (Wildman–Crippen LogP) is 3.45. The second-order valence-electron chi connectivity index (χ2n) is 3.94. The molecule has 0 unspecified atom stereocenters. The van der Waals surface area contributed by atoms with Gasteiger partial charge in [-0.05, 0) is 32.4 Å². The van der Waals surface area contributed by atoms with Gasteiger partial charge in [0.2, 0.25) is 0 Å². The van der Waals surface area contributed by atoms with Crippen molar-refractivity contribution in [1.29, 1.82) is 0 Å². The zero-order valence-electron chi connectivity index (χ0n) is 9.51. The van der Waals surface area contributed by atoms with E-state index in [1.165, 1.54) is 24.0 Å². The van der Waals surface area contributed by atoms with Crippen molar-refractivity contribution in [2.45, 2.75) is 39.7 Å². The molecule has 78 valence electrons. The minimum absolute atomic E-state index is 0.474. The zero-order valence-corrected chi connectivity index (χ0v) is 9.51. The van der Waals surface area contributed by atoms with Crippen LogP contribution in [0.4, 0.5) is 0 Å². The molecule has 0 aliphatic heterocycles. The summed E-state index contributed by atoms with van der Waals surface area (Å²) < 4.78 is 0. The molecule has 0 radical (unpaired) electrons. The molecule has 0 bridgehead atoms. The van der Waals surface area contributed by atoms with E-state index in [9.17, 15) is 0 Å². The van der Waals surface area contributed by atoms with Crippen LogP contribution >= 0.6 is 0 Å². The number of rotatable bonds is 5. The van der Waals surface area contributed by atoms with Crippen molar-refractivity contribution >= 4 is 0 Å².